The summed E-state index contributed by atoms with van der Waals surface area (Å²) in [6.07, 6.45) is 0.315. The molecule has 0 saturated heterocycles. The first-order chi connectivity index (χ1) is 6.50. The quantitative estimate of drug-likeness (QED) is 0.757. The van der Waals surface area contributed by atoms with E-state index >= 15 is 0 Å². The van der Waals surface area contributed by atoms with Crippen LogP contribution in [-0.2, 0) is 11.2 Å². The molecule has 0 atom stereocenters. The fourth-order valence-corrected chi connectivity index (χ4v) is 1.23. The molecule has 0 unspecified atom stereocenters. The Kier molecular flexibility index (Phi) is 3.36. The van der Waals surface area contributed by atoms with Crippen LogP contribution >= 0.6 is 11.6 Å². The van der Waals surface area contributed by atoms with Crippen LogP contribution in [-0.4, -0.2) is 24.9 Å². The van der Waals surface area contributed by atoms with Gasteiger partial charge in [-0.2, -0.15) is 0 Å². The molecule has 3 nitrogen and oxygen atoms in total. The molecule has 0 saturated carbocycles. The number of nitrogens with zero attached hydrogens (tertiary/aromatic N) is 1. The largest absolute Gasteiger partial charge is 0.398 e. The number of amides is 1. The van der Waals surface area contributed by atoms with Crippen molar-refractivity contribution >= 4 is 23.2 Å². The number of anilines is 1. The topological polar surface area (TPSA) is 46.3 Å². The second-order valence-corrected chi connectivity index (χ2v) is 3.74. The van der Waals surface area contributed by atoms with E-state index in [0.29, 0.717) is 17.1 Å². The minimum absolute atomic E-state index is 0.0269. The van der Waals surface area contributed by atoms with Gasteiger partial charge < -0.3 is 10.6 Å². The summed E-state index contributed by atoms with van der Waals surface area (Å²) in [5, 5.41) is 0.587. The predicted octanol–water partition coefficient (Wildman–Crippen LogP) is 1.55. The molecule has 0 spiro atoms. The van der Waals surface area contributed by atoms with Gasteiger partial charge in [0.15, 0.2) is 0 Å². The van der Waals surface area contributed by atoms with Crippen molar-refractivity contribution in [3.8, 4) is 0 Å². The number of likely N-dealkylation sites (N-methyl/N-ethyl adjacent to an activating group) is 1. The Labute approximate surface area is 88.5 Å². The number of halogens is 1. The highest BCUT2D eigenvalue weighted by Crippen LogP contribution is 2.18. The number of rotatable bonds is 2. The van der Waals surface area contributed by atoms with Crippen LogP contribution in [0.25, 0.3) is 0 Å². The van der Waals surface area contributed by atoms with Crippen LogP contribution in [0.5, 0.6) is 0 Å². The first-order valence-electron chi connectivity index (χ1n) is 4.24. The monoisotopic (exact) mass is 212 g/mol. The number of hydrogen-bond donors (Lipinski definition) is 1. The van der Waals surface area contributed by atoms with Crippen molar-refractivity contribution in [3.63, 3.8) is 0 Å². The lowest BCUT2D eigenvalue weighted by molar-refractivity contribution is -0.127. The molecule has 0 bridgehead atoms. The molecule has 0 fully saturated rings. The van der Waals surface area contributed by atoms with E-state index in [4.69, 9.17) is 17.3 Å². The van der Waals surface area contributed by atoms with E-state index in [2.05, 4.69) is 0 Å². The van der Waals surface area contributed by atoms with Gasteiger partial charge in [0.1, 0.15) is 0 Å². The van der Waals surface area contributed by atoms with Crippen molar-refractivity contribution in [1.82, 2.24) is 4.90 Å². The Bertz CT molecular complexity index is 350. The molecule has 1 rings (SSSR count). The van der Waals surface area contributed by atoms with Gasteiger partial charge in [-0.05, 0) is 17.7 Å². The van der Waals surface area contributed by atoms with Crippen LogP contribution < -0.4 is 5.73 Å². The molecule has 1 aromatic rings. The normalized spacial score (nSPS) is 9.93. The molecule has 0 heterocycles. The summed E-state index contributed by atoms with van der Waals surface area (Å²) in [5.41, 5.74) is 7.09. The number of carbonyl (C=O) groups excluding carboxylic acids is 1. The zero-order valence-corrected chi connectivity index (χ0v) is 9.01. The molecule has 14 heavy (non-hydrogen) atoms. The first kappa shape index (κ1) is 10.9. The molecule has 0 aromatic heterocycles. The molecule has 1 aromatic carbocycles. The summed E-state index contributed by atoms with van der Waals surface area (Å²) in [7, 11) is 3.43. The van der Waals surface area contributed by atoms with Gasteiger partial charge in [0.2, 0.25) is 5.91 Å². The molecule has 2 N–H and O–H groups in total. The van der Waals surface area contributed by atoms with Crippen LogP contribution in [0.1, 0.15) is 5.56 Å². The molecule has 4 heteroatoms. The number of hydrogen-bond acceptors (Lipinski definition) is 2. The molecule has 0 radical (unpaired) electrons. The smallest absolute Gasteiger partial charge is 0.226 e. The van der Waals surface area contributed by atoms with E-state index in [1.807, 2.05) is 0 Å². The third-order valence-electron chi connectivity index (χ3n) is 1.95. The summed E-state index contributed by atoms with van der Waals surface area (Å²) >= 11 is 5.74. The predicted molar refractivity (Wildman–Crippen MR) is 58.3 cm³/mol. The lowest BCUT2D eigenvalue weighted by atomic mass is 10.1. The van der Waals surface area contributed by atoms with Crippen molar-refractivity contribution in [3.05, 3.63) is 28.8 Å². The van der Waals surface area contributed by atoms with Crippen molar-refractivity contribution in [2.75, 3.05) is 19.8 Å². The Morgan fingerprint density at radius 1 is 1.50 bits per heavy atom. The third kappa shape index (κ3) is 2.64. The van der Waals surface area contributed by atoms with Crippen molar-refractivity contribution in [2.45, 2.75) is 6.42 Å². The Morgan fingerprint density at radius 2 is 2.14 bits per heavy atom. The zero-order chi connectivity index (χ0) is 10.7. The Hall–Kier alpha value is -1.22. The van der Waals surface area contributed by atoms with Crippen LogP contribution in [0.15, 0.2) is 18.2 Å². The van der Waals surface area contributed by atoms with Gasteiger partial charge in [0.05, 0.1) is 6.42 Å². The van der Waals surface area contributed by atoms with Gasteiger partial charge in [0.25, 0.3) is 0 Å². The maximum atomic E-state index is 11.4. The van der Waals surface area contributed by atoms with Crippen LogP contribution in [0, 0.1) is 0 Å². The lowest BCUT2D eigenvalue weighted by Gasteiger charge is -2.11. The van der Waals surface area contributed by atoms with Gasteiger partial charge in [-0.1, -0.05) is 17.7 Å². The third-order valence-corrected chi connectivity index (χ3v) is 2.18. The van der Waals surface area contributed by atoms with E-state index in [-0.39, 0.29) is 5.91 Å². The molecule has 76 valence electrons. The minimum atomic E-state index is 0.0269. The second-order valence-electron chi connectivity index (χ2n) is 3.31. The number of benzene rings is 1. The Morgan fingerprint density at radius 3 is 2.64 bits per heavy atom. The SMILES string of the molecule is CN(C)C(=O)Cc1ccc(Cl)cc1N. The van der Waals surface area contributed by atoms with Gasteiger partial charge in [0, 0.05) is 24.8 Å². The van der Waals surface area contributed by atoms with Gasteiger partial charge in [-0.15, -0.1) is 0 Å². The van der Waals surface area contributed by atoms with Gasteiger partial charge >= 0.3 is 0 Å². The highest BCUT2D eigenvalue weighted by molar-refractivity contribution is 6.30. The first-order valence-corrected chi connectivity index (χ1v) is 4.62. The second kappa shape index (κ2) is 4.33. The molecule has 0 aliphatic carbocycles. The number of nitrogen functional groups attached to an aromatic ring is 1. The summed E-state index contributed by atoms with van der Waals surface area (Å²) in [6, 6.07) is 5.16. The zero-order valence-electron chi connectivity index (χ0n) is 8.25. The summed E-state index contributed by atoms with van der Waals surface area (Å²) in [5.74, 6) is 0.0269. The Balaban J connectivity index is 2.82. The van der Waals surface area contributed by atoms with E-state index in [0.717, 1.165) is 5.56 Å². The van der Waals surface area contributed by atoms with E-state index in [1.165, 1.54) is 4.90 Å². The van der Waals surface area contributed by atoms with E-state index in [1.54, 1.807) is 32.3 Å². The summed E-state index contributed by atoms with van der Waals surface area (Å²) < 4.78 is 0. The van der Waals surface area contributed by atoms with Crippen LogP contribution in [0.3, 0.4) is 0 Å². The highest BCUT2D eigenvalue weighted by atomic mass is 35.5. The summed E-state index contributed by atoms with van der Waals surface area (Å²) in [4.78, 5) is 12.9. The molecule has 0 aliphatic rings. The lowest BCUT2D eigenvalue weighted by Crippen LogP contribution is -2.23. The van der Waals surface area contributed by atoms with Crippen LogP contribution in [0.2, 0.25) is 5.02 Å². The molecular formula is C10H13ClN2O. The molecule has 1 amide bonds. The highest BCUT2D eigenvalue weighted by Gasteiger charge is 2.08. The minimum Gasteiger partial charge on any atom is -0.398 e. The summed E-state index contributed by atoms with van der Waals surface area (Å²) in [6.45, 7) is 0. The van der Waals surface area contributed by atoms with E-state index in [9.17, 15) is 4.79 Å². The average molecular weight is 213 g/mol. The average Bonchev–Trinajstić information content (AvgIpc) is 2.09. The maximum Gasteiger partial charge on any atom is 0.226 e. The number of carbonyl (C=O) groups is 1. The molecular weight excluding hydrogens is 200 g/mol. The fraction of sp³-hybridized carbons (Fsp3) is 0.300. The van der Waals surface area contributed by atoms with Crippen molar-refractivity contribution in [2.24, 2.45) is 0 Å². The van der Waals surface area contributed by atoms with Crippen molar-refractivity contribution in [1.29, 1.82) is 0 Å². The number of nitrogens with two attached hydrogens (primary N) is 1. The standard InChI is InChI=1S/C10H13ClN2O/c1-13(2)10(14)5-7-3-4-8(11)6-9(7)12/h3-4,6H,5,12H2,1-2H3. The van der Waals surface area contributed by atoms with E-state index < -0.39 is 0 Å². The van der Waals surface area contributed by atoms with Gasteiger partial charge in [-0.3, -0.25) is 4.79 Å². The fourth-order valence-electron chi connectivity index (χ4n) is 1.05. The maximum absolute atomic E-state index is 11.4. The van der Waals surface area contributed by atoms with Crippen molar-refractivity contribution < 1.29 is 4.79 Å². The molecule has 0 aliphatic heterocycles. The van der Waals surface area contributed by atoms with Gasteiger partial charge in [-0.25, -0.2) is 0 Å². The van der Waals surface area contributed by atoms with Crippen LogP contribution in [0.4, 0.5) is 5.69 Å².